The number of sulfonamides is 1. The summed E-state index contributed by atoms with van der Waals surface area (Å²) in [4.78, 5) is 71.5. The van der Waals surface area contributed by atoms with E-state index in [4.69, 9.17) is 9.47 Å². The van der Waals surface area contributed by atoms with Crippen molar-refractivity contribution in [2.45, 2.75) is 132 Å². The highest BCUT2D eigenvalue weighted by molar-refractivity contribution is 7.91. The normalized spacial score (nSPS) is 28.5. The minimum absolute atomic E-state index is 0.00840. The van der Waals surface area contributed by atoms with E-state index in [2.05, 4.69) is 21.9 Å². The SMILES string of the molecule is C=CCC1(S(=O)(=O)NC(=O)[C@@]23C[C@@H]2/C=C\CCCCC[C@H](NC(=O)OC(C)(C)C)C(=O)N2C[C@H](OC(=O)N4Cc5cccc(F)c5C4)C[C@H]2C(=O)N3)CC1. The maximum atomic E-state index is 14.4. The number of hydrogen-bond donors (Lipinski definition) is 3. The summed E-state index contributed by atoms with van der Waals surface area (Å²) in [6.07, 6.45) is 6.52. The number of carbonyl (C=O) groups is 5. The molecule has 5 aliphatic rings. The Balaban J connectivity index is 1.26. The fourth-order valence-corrected chi connectivity index (χ4v) is 9.27. The van der Waals surface area contributed by atoms with E-state index in [9.17, 15) is 36.8 Å². The molecule has 14 nitrogen and oxygen atoms in total. The van der Waals surface area contributed by atoms with Gasteiger partial charge in [-0.05, 0) is 77.3 Å². The molecule has 0 spiro atoms. The van der Waals surface area contributed by atoms with Gasteiger partial charge in [0, 0.05) is 24.4 Å². The Hall–Kier alpha value is -4.47. The predicted molar refractivity (Wildman–Crippen MR) is 194 cm³/mol. The minimum atomic E-state index is -4.11. The standard InChI is InChI=1S/C38H50FN5O9S/c1-5-16-37(17-18-37)54(50,51)42-33(47)38-20-25(38)13-9-7-6-8-10-15-29(40-34(48)53-36(2,3)4)32(46)44-22-26(19-30(44)31(45)41-38)52-35(49)43-21-24-12-11-14-28(39)27(24)23-43/h5,9,11-14,25-26,29-30H,1,6-8,10,15-23H2,2-4H3,(H,40,48)(H,41,45)(H,42,47)/b13-9-/t25-,26+,29-,30-,38+/m0/s1. The quantitative estimate of drug-likeness (QED) is 0.344. The largest absolute Gasteiger partial charge is 0.444 e. The van der Waals surface area contributed by atoms with Gasteiger partial charge in [-0.25, -0.2) is 22.4 Å². The van der Waals surface area contributed by atoms with E-state index in [0.717, 1.165) is 6.42 Å². The minimum Gasteiger partial charge on any atom is -0.444 e. The first-order chi connectivity index (χ1) is 25.5. The van der Waals surface area contributed by atoms with Crippen molar-refractivity contribution in [3.8, 4) is 0 Å². The van der Waals surface area contributed by atoms with Gasteiger partial charge in [0.2, 0.25) is 21.8 Å². The third-order valence-corrected chi connectivity index (χ3v) is 13.1. The zero-order chi connectivity index (χ0) is 39.1. The Labute approximate surface area is 315 Å². The number of alkyl carbamates (subject to hydrolysis) is 1. The topological polar surface area (TPSA) is 181 Å². The Bertz CT molecular complexity index is 1840. The molecular weight excluding hydrogens is 722 g/mol. The van der Waals surface area contributed by atoms with Gasteiger partial charge in [0.15, 0.2) is 0 Å². The first kappa shape index (κ1) is 39.2. The van der Waals surface area contributed by atoms with Gasteiger partial charge in [-0.1, -0.05) is 43.2 Å². The molecule has 0 unspecified atom stereocenters. The summed E-state index contributed by atoms with van der Waals surface area (Å²) in [7, 11) is -4.11. The van der Waals surface area contributed by atoms with Crippen molar-refractivity contribution in [2.24, 2.45) is 5.92 Å². The van der Waals surface area contributed by atoms with Crippen LogP contribution in [0.15, 0.2) is 43.0 Å². The van der Waals surface area contributed by atoms with E-state index in [1.165, 1.54) is 21.9 Å². The molecule has 294 valence electrons. The van der Waals surface area contributed by atoms with Crippen LogP contribution in [0.25, 0.3) is 0 Å². The molecule has 5 atom stereocenters. The highest BCUT2D eigenvalue weighted by Crippen LogP contribution is 2.49. The molecule has 0 radical (unpaired) electrons. The summed E-state index contributed by atoms with van der Waals surface area (Å²) >= 11 is 0. The first-order valence-corrected chi connectivity index (χ1v) is 20.1. The second-order valence-corrected chi connectivity index (χ2v) is 18.2. The number of halogens is 1. The van der Waals surface area contributed by atoms with Crippen LogP contribution in [0.2, 0.25) is 0 Å². The fourth-order valence-electron chi connectivity index (χ4n) is 7.65. The van der Waals surface area contributed by atoms with Gasteiger partial charge in [0.1, 0.15) is 35.1 Å². The van der Waals surface area contributed by atoms with E-state index in [1.807, 2.05) is 12.2 Å². The van der Waals surface area contributed by atoms with Crippen molar-refractivity contribution in [1.82, 2.24) is 25.2 Å². The van der Waals surface area contributed by atoms with Crippen LogP contribution < -0.4 is 15.4 Å². The number of carbonyl (C=O) groups excluding carboxylic acids is 5. The Kier molecular flexibility index (Phi) is 10.9. The highest BCUT2D eigenvalue weighted by atomic mass is 32.2. The second kappa shape index (κ2) is 15.0. The number of nitrogens with one attached hydrogen (secondary N) is 3. The zero-order valence-corrected chi connectivity index (χ0v) is 31.8. The lowest BCUT2D eigenvalue weighted by Crippen LogP contribution is -2.58. The fraction of sp³-hybridized carbons (Fsp3) is 0.605. The summed E-state index contributed by atoms with van der Waals surface area (Å²) in [5.41, 5.74) is -1.42. The summed E-state index contributed by atoms with van der Waals surface area (Å²) in [6, 6.07) is 2.26. The summed E-state index contributed by atoms with van der Waals surface area (Å²) in [5.74, 6) is -3.15. The number of allylic oxidation sites excluding steroid dienone is 2. The van der Waals surface area contributed by atoms with Gasteiger partial charge < -0.3 is 25.0 Å². The lowest BCUT2D eigenvalue weighted by atomic mass is 10.0. The molecule has 1 aromatic carbocycles. The molecular formula is C38H50FN5O9S. The van der Waals surface area contributed by atoms with Crippen LogP contribution in [-0.2, 0) is 47.0 Å². The molecule has 1 aromatic rings. The summed E-state index contributed by atoms with van der Waals surface area (Å²) < 4.78 is 53.6. The smallest absolute Gasteiger partial charge is 0.410 e. The Morgan fingerprint density at radius 2 is 1.89 bits per heavy atom. The number of benzene rings is 1. The van der Waals surface area contributed by atoms with E-state index in [0.29, 0.717) is 43.2 Å². The molecule has 3 N–H and O–H groups in total. The van der Waals surface area contributed by atoms with Crippen molar-refractivity contribution in [1.29, 1.82) is 0 Å². The molecule has 0 bridgehead atoms. The number of fused-ring (bicyclic) bond motifs is 3. The molecule has 1 saturated heterocycles. The monoisotopic (exact) mass is 771 g/mol. The molecule has 6 rings (SSSR count). The molecule has 3 heterocycles. The molecule has 2 saturated carbocycles. The van der Waals surface area contributed by atoms with Crippen molar-refractivity contribution in [3.63, 3.8) is 0 Å². The van der Waals surface area contributed by atoms with Crippen molar-refractivity contribution in [3.05, 3.63) is 60.0 Å². The van der Waals surface area contributed by atoms with Crippen LogP contribution in [-0.4, -0.2) is 88.7 Å². The van der Waals surface area contributed by atoms with Crippen LogP contribution in [0.1, 0.15) is 96.1 Å². The zero-order valence-electron chi connectivity index (χ0n) is 31.0. The third-order valence-electron chi connectivity index (χ3n) is 10.9. The molecule has 54 heavy (non-hydrogen) atoms. The van der Waals surface area contributed by atoms with Gasteiger partial charge >= 0.3 is 12.2 Å². The Morgan fingerprint density at radius 3 is 2.57 bits per heavy atom. The van der Waals surface area contributed by atoms with Crippen molar-refractivity contribution >= 4 is 39.9 Å². The van der Waals surface area contributed by atoms with Crippen LogP contribution in [0.4, 0.5) is 14.0 Å². The third kappa shape index (κ3) is 8.27. The first-order valence-electron chi connectivity index (χ1n) is 18.7. The Morgan fingerprint density at radius 1 is 1.13 bits per heavy atom. The van der Waals surface area contributed by atoms with Gasteiger partial charge in [-0.15, -0.1) is 6.58 Å². The summed E-state index contributed by atoms with van der Waals surface area (Å²) in [5, 5.41) is 5.48. The number of hydrogen-bond acceptors (Lipinski definition) is 9. The van der Waals surface area contributed by atoms with Crippen molar-refractivity contribution in [2.75, 3.05) is 6.54 Å². The van der Waals surface area contributed by atoms with Crippen molar-refractivity contribution < 1.29 is 46.3 Å². The van der Waals surface area contributed by atoms with E-state index in [-0.39, 0.29) is 45.3 Å². The van der Waals surface area contributed by atoms with E-state index < -0.39 is 85.7 Å². The van der Waals surface area contributed by atoms with Crippen LogP contribution in [0.5, 0.6) is 0 Å². The molecule has 16 heteroatoms. The predicted octanol–water partition coefficient (Wildman–Crippen LogP) is 4.09. The second-order valence-electron chi connectivity index (χ2n) is 16.1. The van der Waals surface area contributed by atoms with E-state index in [1.54, 1.807) is 32.9 Å². The molecule has 5 amide bonds. The van der Waals surface area contributed by atoms with Gasteiger partial charge in [0.25, 0.3) is 5.91 Å². The van der Waals surface area contributed by atoms with Gasteiger partial charge in [0.05, 0.1) is 17.8 Å². The number of rotatable bonds is 7. The highest BCUT2D eigenvalue weighted by Gasteiger charge is 2.63. The number of ether oxygens (including phenoxy) is 2. The summed E-state index contributed by atoms with van der Waals surface area (Å²) in [6.45, 7) is 8.64. The number of amides is 5. The maximum Gasteiger partial charge on any atom is 0.410 e. The lowest BCUT2D eigenvalue weighted by molar-refractivity contribution is -0.141. The number of nitrogens with zero attached hydrogens (tertiary/aromatic N) is 2. The molecule has 3 fully saturated rings. The van der Waals surface area contributed by atoms with Crippen LogP contribution in [0, 0.1) is 11.7 Å². The van der Waals surface area contributed by atoms with Crippen LogP contribution in [0.3, 0.4) is 0 Å². The van der Waals surface area contributed by atoms with Gasteiger partial charge in [-0.2, -0.15) is 0 Å². The average Bonchev–Trinajstić information content (AvgIpc) is 3.91. The average molecular weight is 772 g/mol. The molecule has 0 aromatic heterocycles. The maximum absolute atomic E-state index is 14.4. The van der Waals surface area contributed by atoms with E-state index >= 15 is 0 Å². The van der Waals surface area contributed by atoms with Crippen LogP contribution >= 0.6 is 0 Å². The molecule has 2 aliphatic carbocycles. The lowest BCUT2D eigenvalue weighted by Gasteiger charge is -2.30. The van der Waals surface area contributed by atoms with Gasteiger partial charge in [-0.3, -0.25) is 24.0 Å². The molecule has 3 aliphatic heterocycles.